The molecule has 5 N–H and O–H groups in total. The number of hydrogen-bond donors (Lipinski definition) is 5. The number of hydrogen-bond acceptors (Lipinski definition) is 21. The van der Waals surface area contributed by atoms with Crippen molar-refractivity contribution >= 4 is 65.0 Å². The molecule has 26 nitrogen and oxygen atoms in total. The van der Waals surface area contributed by atoms with Crippen molar-refractivity contribution < 1.29 is 122 Å². The van der Waals surface area contributed by atoms with Crippen molar-refractivity contribution in [3.63, 3.8) is 0 Å². The van der Waals surface area contributed by atoms with Crippen LogP contribution in [0.3, 0.4) is 0 Å². The van der Waals surface area contributed by atoms with Crippen molar-refractivity contribution in [3.8, 4) is 5.75 Å². The standard InChI is InChI=1S/C100H166F5N5O21/c1-68-71(4)96(107-74(7)111)85(58-80(68)61-128-77(10)114)125-53-42-36-30-24-18-13-15-21-27-33-39-46-83(117)50-56-122-65-100(110-88(119)48-45-49-90(121)131-99-94(104)92(102)91(101)93(103)95(99)105,67-124-64-89(120)106-52-41-35-29-23-17-20-26-32-38-44-55-127-87-60-82(63-130-79(12)116)70(3)73(6)98(87)109-76(9)113)66-123-57-51-84(118)47-40-34-28-22-16-14-19-25-31-37-43-54-126-86-59-81(62-129-78(11)115)69(2)72(5)97(86)108-75(8)112/h68-73,80-82,85-87,96-98H,13-67H2,1-12H3,(H,106,120)(H,107,111)(H,108,112)(H,109,113)(H,110,119). The van der Waals surface area contributed by atoms with Crippen LogP contribution in [0.5, 0.6) is 5.75 Å². The molecule has 15 unspecified atom stereocenters. The minimum atomic E-state index is -2.44. The van der Waals surface area contributed by atoms with Crippen LogP contribution in [-0.2, 0) is 95.4 Å². The van der Waals surface area contributed by atoms with Crippen LogP contribution in [0.15, 0.2) is 0 Å². The minimum Gasteiger partial charge on any atom is -0.466 e. The van der Waals surface area contributed by atoms with E-state index in [0.29, 0.717) is 91.1 Å². The average molecular weight is 1870 g/mol. The topological polar surface area (TPSA) is 340 Å². The molecule has 4 rings (SSSR count). The van der Waals surface area contributed by atoms with Crippen LogP contribution < -0.4 is 31.3 Å². The smallest absolute Gasteiger partial charge is 0.311 e. The van der Waals surface area contributed by atoms with E-state index >= 15 is 0 Å². The second kappa shape index (κ2) is 67.4. The molecule has 0 aromatic heterocycles. The van der Waals surface area contributed by atoms with Gasteiger partial charge >= 0.3 is 23.9 Å². The van der Waals surface area contributed by atoms with Gasteiger partial charge in [0.25, 0.3) is 0 Å². The monoisotopic (exact) mass is 1870 g/mol. The van der Waals surface area contributed by atoms with Crippen molar-refractivity contribution in [1.29, 1.82) is 0 Å². The molecule has 3 fully saturated rings. The van der Waals surface area contributed by atoms with Crippen molar-refractivity contribution in [3.05, 3.63) is 29.1 Å². The second-order valence-electron chi connectivity index (χ2n) is 37.9. The third kappa shape index (κ3) is 48.5. The van der Waals surface area contributed by atoms with Crippen molar-refractivity contribution in [2.75, 3.05) is 85.8 Å². The Hall–Kier alpha value is -6.80. The molecular formula is C100H166F5N5O21. The molecule has 1 aromatic carbocycles. The molecule has 1 aromatic rings. The Balaban J connectivity index is 1.26. The Bertz CT molecular complexity index is 3360. The summed E-state index contributed by atoms with van der Waals surface area (Å²) in [7, 11) is 0. The van der Waals surface area contributed by atoms with E-state index in [1.54, 1.807) is 0 Å². The van der Waals surface area contributed by atoms with E-state index < -0.39 is 77.6 Å². The number of carbonyl (C=O) groups excluding carboxylic acids is 11. The summed E-state index contributed by atoms with van der Waals surface area (Å²) in [6.07, 6.45) is 33.0. The second-order valence-corrected chi connectivity index (χ2v) is 37.9. The average Bonchev–Trinajstić information content (AvgIpc) is 0.707. The van der Waals surface area contributed by atoms with Crippen LogP contribution in [0, 0.1) is 82.3 Å². The van der Waals surface area contributed by atoms with E-state index in [0.717, 1.165) is 193 Å². The first-order valence-corrected chi connectivity index (χ1v) is 49.8. The summed E-state index contributed by atoms with van der Waals surface area (Å²) in [6, 6.07) is -0.330. The molecule has 31 heteroatoms. The first-order chi connectivity index (χ1) is 62.6. The number of Topliss-reactive ketones (excluding diaryl/α,β-unsaturated/α-hetero) is 2. The van der Waals surface area contributed by atoms with Gasteiger partial charge in [0, 0.05) is 106 Å². The normalized spacial score (nSPS) is 22.4. The molecule has 3 aliphatic carbocycles. The Labute approximate surface area is 778 Å². The quantitative estimate of drug-likeness (QED) is 0.00769. The third-order valence-electron chi connectivity index (χ3n) is 26.9. The molecule has 3 saturated carbocycles. The number of ether oxygens (including phenoxy) is 10. The fourth-order valence-electron chi connectivity index (χ4n) is 18.5. The molecule has 0 bridgehead atoms. The number of carbonyl (C=O) groups is 11. The Morgan fingerprint density at radius 2 is 0.618 bits per heavy atom. The lowest BCUT2D eigenvalue weighted by atomic mass is 9.70. The van der Waals surface area contributed by atoms with Crippen molar-refractivity contribution in [2.45, 2.75) is 395 Å². The highest BCUT2D eigenvalue weighted by Crippen LogP contribution is 2.41. The van der Waals surface area contributed by atoms with Crippen molar-refractivity contribution in [2.24, 2.45) is 53.3 Å². The molecule has 131 heavy (non-hydrogen) atoms. The molecular weight excluding hydrogens is 1700 g/mol. The summed E-state index contributed by atoms with van der Waals surface area (Å²) in [4.78, 5) is 138. The van der Waals surface area contributed by atoms with Gasteiger partial charge in [0.05, 0.1) is 89.3 Å². The van der Waals surface area contributed by atoms with Gasteiger partial charge in [-0.05, 0) is 117 Å². The summed E-state index contributed by atoms with van der Waals surface area (Å²) in [5.74, 6) is -15.7. The van der Waals surface area contributed by atoms with Crippen LogP contribution in [0.4, 0.5) is 22.0 Å². The van der Waals surface area contributed by atoms with Gasteiger partial charge < -0.3 is 74.0 Å². The zero-order valence-electron chi connectivity index (χ0n) is 81.5. The maximum atomic E-state index is 14.5. The van der Waals surface area contributed by atoms with E-state index in [-0.39, 0.29) is 189 Å². The van der Waals surface area contributed by atoms with Gasteiger partial charge in [0.1, 0.15) is 23.7 Å². The van der Waals surface area contributed by atoms with Gasteiger partial charge in [-0.1, -0.05) is 208 Å². The van der Waals surface area contributed by atoms with Gasteiger partial charge in [-0.15, -0.1) is 0 Å². The lowest BCUT2D eigenvalue weighted by molar-refractivity contribution is -0.146. The summed E-state index contributed by atoms with van der Waals surface area (Å²) < 4.78 is 129. The maximum absolute atomic E-state index is 14.5. The first kappa shape index (κ1) is 117. The maximum Gasteiger partial charge on any atom is 0.311 e. The van der Waals surface area contributed by atoms with Gasteiger partial charge in [-0.25, -0.2) is 13.2 Å². The molecule has 0 aliphatic heterocycles. The van der Waals surface area contributed by atoms with Crippen LogP contribution >= 0.6 is 0 Å². The first-order valence-electron chi connectivity index (χ1n) is 49.8. The van der Waals surface area contributed by atoms with Gasteiger partial charge in [0.2, 0.25) is 64.4 Å². The highest BCUT2D eigenvalue weighted by molar-refractivity contribution is 5.80. The fourth-order valence-corrected chi connectivity index (χ4v) is 18.5. The number of benzene rings is 1. The zero-order chi connectivity index (χ0) is 96.5. The van der Waals surface area contributed by atoms with E-state index in [1.807, 2.05) is 0 Å². The van der Waals surface area contributed by atoms with E-state index in [4.69, 9.17) is 42.6 Å². The molecule has 0 radical (unpaired) electrons. The number of esters is 4. The predicted molar refractivity (Wildman–Crippen MR) is 490 cm³/mol. The third-order valence-corrected chi connectivity index (χ3v) is 26.9. The number of amides is 5. The van der Waals surface area contributed by atoms with Crippen LogP contribution in [0.1, 0.15) is 353 Å². The molecule has 0 spiro atoms. The molecule has 0 heterocycles. The molecule has 5 amide bonds. The summed E-state index contributed by atoms with van der Waals surface area (Å²) >= 11 is 0. The lowest BCUT2D eigenvalue weighted by Crippen LogP contribution is -2.59. The highest BCUT2D eigenvalue weighted by atomic mass is 19.2. The Morgan fingerprint density at radius 3 is 0.939 bits per heavy atom. The number of rotatable bonds is 73. The SMILES string of the molecule is CC(=O)NC1C(OCCCCCCCCCCCCCC(=O)CCOCC(COCCC(=O)CCCCCCCCCCCCCOC2CC(COC(C)=O)C(C)C(C)C2NC(C)=O)(COCC(=O)NCCCCCCCCCCCCOC2CC(COC(C)=O)C(C)C(C)C2NC(C)=O)NC(=O)CCCC(=O)Oc2c(F)c(F)c(F)c(F)c2F)CC(COC(C)=O)C(C)C1C. The van der Waals surface area contributed by atoms with E-state index in [2.05, 4.69) is 72.9 Å². The summed E-state index contributed by atoms with van der Waals surface area (Å²) in [5, 5.41) is 15.1. The molecule has 0 saturated heterocycles. The van der Waals surface area contributed by atoms with Crippen molar-refractivity contribution in [1.82, 2.24) is 26.6 Å². The van der Waals surface area contributed by atoms with Crippen LogP contribution in [-0.4, -0.2) is 193 Å². The van der Waals surface area contributed by atoms with E-state index in [9.17, 15) is 74.7 Å². The largest absolute Gasteiger partial charge is 0.466 e. The van der Waals surface area contributed by atoms with Gasteiger partial charge in [-0.2, -0.15) is 8.78 Å². The Kier molecular flexibility index (Phi) is 60.0. The van der Waals surface area contributed by atoms with E-state index in [1.165, 1.54) is 41.5 Å². The molecule has 3 aliphatic rings. The molecule has 15 atom stereocenters. The van der Waals surface area contributed by atoms with Gasteiger partial charge in [-0.3, -0.25) is 52.7 Å². The van der Waals surface area contributed by atoms with Crippen LogP contribution in [0.25, 0.3) is 0 Å². The number of halogens is 5. The number of unbranched alkanes of at least 4 members (excludes halogenated alkanes) is 29. The predicted octanol–water partition coefficient (Wildman–Crippen LogP) is 17.9. The van der Waals surface area contributed by atoms with Gasteiger partial charge in [0.15, 0.2) is 0 Å². The summed E-state index contributed by atoms with van der Waals surface area (Å²) in [6.45, 7) is 23.2. The minimum absolute atomic E-state index is 0.0271. The number of nitrogens with one attached hydrogen (secondary N) is 5. The molecule has 752 valence electrons. The zero-order valence-corrected chi connectivity index (χ0v) is 81.5. The van der Waals surface area contributed by atoms with Crippen LogP contribution in [0.2, 0.25) is 0 Å². The lowest BCUT2D eigenvalue weighted by Gasteiger charge is -2.44. The fraction of sp³-hybridized carbons (Fsp3) is 0.830. The highest BCUT2D eigenvalue weighted by Gasteiger charge is 2.45. The number of ketones is 2. The Morgan fingerprint density at radius 1 is 0.321 bits per heavy atom. The summed E-state index contributed by atoms with van der Waals surface area (Å²) in [5.41, 5.74) is -1.56.